The van der Waals surface area contributed by atoms with Crippen molar-refractivity contribution >= 4 is 23.5 Å². The van der Waals surface area contributed by atoms with E-state index in [0.29, 0.717) is 0 Å². The van der Waals surface area contributed by atoms with Crippen molar-refractivity contribution in [3.63, 3.8) is 0 Å². The fourth-order valence-corrected chi connectivity index (χ4v) is 3.44. The molecule has 2 heteroatoms. The predicted molar refractivity (Wildman–Crippen MR) is 56.5 cm³/mol. The molecule has 2 rings (SSSR count). The lowest BCUT2D eigenvalue weighted by molar-refractivity contribution is 1.27. The summed E-state index contributed by atoms with van der Waals surface area (Å²) in [6, 6.07) is 8.56. The van der Waals surface area contributed by atoms with Crippen LogP contribution in [0.4, 0.5) is 0 Å². The molecule has 0 saturated heterocycles. The van der Waals surface area contributed by atoms with Crippen molar-refractivity contribution in [1.82, 2.24) is 0 Å². The summed E-state index contributed by atoms with van der Waals surface area (Å²) in [6.07, 6.45) is 0. The average Bonchev–Trinajstić information content (AvgIpc) is 2.46. The number of rotatable bonds is 0. The van der Waals surface area contributed by atoms with Gasteiger partial charge in [-0.1, -0.05) is 41.2 Å². The van der Waals surface area contributed by atoms with E-state index < -0.39 is 0 Å². The minimum atomic E-state index is 1.40. The Bertz CT molecular complexity index is 308. The Hall–Kier alpha value is -0.340. The van der Waals surface area contributed by atoms with Crippen LogP contribution in [-0.2, 0) is 0 Å². The van der Waals surface area contributed by atoms with Gasteiger partial charge in [-0.3, -0.25) is 0 Å². The Morgan fingerprint density at radius 3 is 1.92 bits per heavy atom. The highest BCUT2D eigenvalue weighted by Gasteiger charge is 2.16. The van der Waals surface area contributed by atoms with Crippen molar-refractivity contribution in [1.29, 1.82) is 0 Å². The summed E-state index contributed by atoms with van der Waals surface area (Å²) < 4.78 is 1.44. The van der Waals surface area contributed by atoms with E-state index in [0.717, 1.165) is 0 Å². The van der Waals surface area contributed by atoms with E-state index in [4.69, 9.17) is 0 Å². The lowest BCUT2D eigenvalue weighted by atomic mass is 10.4. The lowest BCUT2D eigenvalue weighted by Crippen LogP contribution is -1.65. The van der Waals surface area contributed by atoms with Gasteiger partial charge in [-0.25, -0.2) is 0 Å². The molecule has 0 radical (unpaired) electrons. The molecule has 0 spiro atoms. The molecule has 0 atom stereocenters. The molecule has 1 aromatic rings. The third kappa shape index (κ3) is 1.41. The molecule has 0 saturated carbocycles. The number of hydrogen-bond donors (Lipinski definition) is 0. The molecule has 62 valence electrons. The molecule has 1 aromatic carbocycles. The lowest BCUT2D eigenvalue weighted by Gasteiger charge is -1.94. The van der Waals surface area contributed by atoms with Crippen molar-refractivity contribution < 1.29 is 0 Å². The fourth-order valence-electron chi connectivity index (χ4n) is 1.04. The van der Waals surface area contributed by atoms with E-state index in [-0.39, 0.29) is 0 Å². The molecule has 0 amide bonds. The highest BCUT2D eigenvalue weighted by Crippen LogP contribution is 2.51. The summed E-state index contributed by atoms with van der Waals surface area (Å²) in [5.41, 5.74) is 1.42. The van der Waals surface area contributed by atoms with Gasteiger partial charge in [0.2, 0.25) is 0 Å². The second kappa shape index (κ2) is 3.19. The van der Waals surface area contributed by atoms with Gasteiger partial charge in [0.15, 0.2) is 0 Å². The molecular formula is C10H10S2. The zero-order valence-electron chi connectivity index (χ0n) is 7.13. The number of benzene rings is 1. The van der Waals surface area contributed by atoms with Gasteiger partial charge in [0, 0.05) is 14.0 Å². The van der Waals surface area contributed by atoms with Crippen molar-refractivity contribution in [2.75, 3.05) is 0 Å². The topological polar surface area (TPSA) is 0 Å². The summed E-state index contributed by atoms with van der Waals surface area (Å²) in [7, 11) is 0. The molecule has 0 fully saturated rings. The summed E-state index contributed by atoms with van der Waals surface area (Å²) >= 11 is 3.77. The van der Waals surface area contributed by atoms with Crippen molar-refractivity contribution in [2.24, 2.45) is 0 Å². The van der Waals surface area contributed by atoms with Crippen LogP contribution in [-0.4, -0.2) is 0 Å². The minimum absolute atomic E-state index is 1.40. The Kier molecular flexibility index (Phi) is 2.20. The van der Waals surface area contributed by atoms with Crippen LogP contribution in [0.1, 0.15) is 13.8 Å². The van der Waals surface area contributed by atoms with Crippen molar-refractivity contribution in [3.8, 4) is 0 Å². The number of allylic oxidation sites excluding steroid dienone is 1. The summed E-state index contributed by atoms with van der Waals surface area (Å²) in [5, 5.41) is 0. The van der Waals surface area contributed by atoms with Crippen molar-refractivity contribution in [3.05, 3.63) is 34.1 Å². The minimum Gasteiger partial charge on any atom is -0.0816 e. The van der Waals surface area contributed by atoms with Gasteiger partial charge < -0.3 is 0 Å². The fraction of sp³-hybridized carbons (Fsp3) is 0.200. The van der Waals surface area contributed by atoms with Crippen LogP contribution in [0.2, 0.25) is 0 Å². The molecular weight excluding hydrogens is 184 g/mol. The first kappa shape index (κ1) is 8.27. The van der Waals surface area contributed by atoms with Gasteiger partial charge in [0.1, 0.15) is 0 Å². The largest absolute Gasteiger partial charge is 0.0816 e. The maximum absolute atomic E-state index is 2.18. The monoisotopic (exact) mass is 194 g/mol. The molecule has 1 aliphatic rings. The predicted octanol–water partition coefficient (Wildman–Crippen LogP) is 4.14. The zero-order chi connectivity index (χ0) is 8.55. The maximum Gasteiger partial charge on any atom is 0.0486 e. The van der Waals surface area contributed by atoms with Crippen LogP contribution >= 0.6 is 23.5 Å². The van der Waals surface area contributed by atoms with Crippen LogP contribution in [0.3, 0.4) is 0 Å². The van der Waals surface area contributed by atoms with E-state index in [1.54, 1.807) is 0 Å². The number of fused-ring (bicyclic) bond motifs is 1. The molecule has 0 aliphatic carbocycles. The van der Waals surface area contributed by atoms with Crippen LogP contribution in [0.25, 0.3) is 0 Å². The molecule has 0 bridgehead atoms. The Morgan fingerprint density at radius 1 is 1.00 bits per heavy atom. The molecule has 0 aromatic heterocycles. The molecule has 0 unspecified atom stereocenters. The summed E-state index contributed by atoms with van der Waals surface area (Å²) in [5.74, 6) is 0. The standard InChI is InChI=1S/C10H10S2/c1-7(2)10-11-8-5-3-4-6-9(8)12-10/h3-6H,1-2H3. The van der Waals surface area contributed by atoms with E-state index in [2.05, 4.69) is 38.1 Å². The van der Waals surface area contributed by atoms with E-state index in [1.807, 2.05) is 23.5 Å². The second-order valence-electron chi connectivity index (χ2n) is 2.94. The third-order valence-corrected chi connectivity index (χ3v) is 4.63. The van der Waals surface area contributed by atoms with E-state index >= 15 is 0 Å². The van der Waals surface area contributed by atoms with Crippen molar-refractivity contribution in [2.45, 2.75) is 23.6 Å². The molecule has 1 heterocycles. The molecule has 12 heavy (non-hydrogen) atoms. The Balaban J connectivity index is 2.40. The van der Waals surface area contributed by atoms with Crippen LogP contribution in [0, 0.1) is 0 Å². The highest BCUT2D eigenvalue weighted by molar-refractivity contribution is 8.24. The van der Waals surface area contributed by atoms with Gasteiger partial charge in [-0.2, -0.15) is 0 Å². The molecule has 0 nitrogen and oxygen atoms in total. The van der Waals surface area contributed by atoms with Crippen LogP contribution in [0.5, 0.6) is 0 Å². The number of hydrogen-bond acceptors (Lipinski definition) is 2. The highest BCUT2D eigenvalue weighted by atomic mass is 32.2. The smallest absolute Gasteiger partial charge is 0.0486 e. The van der Waals surface area contributed by atoms with Crippen LogP contribution in [0.15, 0.2) is 43.9 Å². The SMILES string of the molecule is CC(C)=C1Sc2ccccc2S1. The molecule has 0 N–H and O–H groups in total. The van der Waals surface area contributed by atoms with Gasteiger partial charge in [0.25, 0.3) is 0 Å². The Labute approximate surface area is 81.4 Å². The Morgan fingerprint density at radius 2 is 1.50 bits per heavy atom. The van der Waals surface area contributed by atoms with Gasteiger partial charge in [-0.15, -0.1) is 0 Å². The first-order valence-electron chi connectivity index (χ1n) is 3.89. The molecule has 1 aliphatic heterocycles. The third-order valence-electron chi connectivity index (χ3n) is 1.66. The first-order valence-corrected chi connectivity index (χ1v) is 5.53. The van der Waals surface area contributed by atoms with Gasteiger partial charge in [-0.05, 0) is 26.0 Å². The van der Waals surface area contributed by atoms with E-state index in [9.17, 15) is 0 Å². The zero-order valence-corrected chi connectivity index (χ0v) is 8.76. The second-order valence-corrected chi connectivity index (χ2v) is 5.30. The number of thioether (sulfide) groups is 2. The van der Waals surface area contributed by atoms with Gasteiger partial charge >= 0.3 is 0 Å². The summed E-state index contributed by atoms with van der Waals surface area (Å²) in [6.45, 7) is 4.34. The van der Waals surface area contributed by atoms with E-state index in [1.165, 1.54) is 19.6 Å². The first-order chi connectivity index (χ1) is 5.77. The quantitative estimate of drug-likeness (QED) is 0.609. The normalized spacial score (nSPS) is 14.7. The van der Waals surface area contributed by atoms with Gasteiger partial charge in [0.05, 0.1) is 0 Å². The van der Waals surface area contributed by atoms with Crippen LogP contribution < -0.4 is 0 Å². The maximum atomic E-state index is 2.18. The average molecular weight is 194 g/mol. The summed E-state index contributed by atoms with van der Waals surface area (Å²) in [4.78, 5) is 2.80.